The number of phenols is 1. The first kappa shape index (κ1) is 23.1. The largest absolute Gasteiger partial charge is 0.508 e. The number of halogens is 1. The lowest BCUT2D eigenvalue weighted by molar-refractivity contribution is -0.141. The van der Waals surface area contributed by atoms with Gasteiger partial charge >= 0.3 is 12.1 Å². The van der Waals surface area contributed by atoms with Gasteiger partial charge < -0.3 is 19.3 Å². The fourth-order valence-electron chi connectivity index (χ4n) is 2.60. The number of hydrogen-bond donors (Lipinski definition) is 3. The number of benzene rings is 2. The lowest BCUT2D eigenvalue weighted by Gasteiger charge is -2.27. The number of thiol groups is 1. The molecule has 0 bridgehead atoms. The zero-order valence-corrected chi connectivity index (χ0v) is 18.2. The highest BCUT2D eigenvalue weighted by atomic mass is 79.9. The molecule has 156 valence electrons. The predicted octanol–water partition coefficient (Wildman–Crippen LogP) is 4.32. The summed E-state index contributed by atoms with van der Waals surface area (Å²) < 4.78 is 16.8. The molecule has 0 saturated carbocycles. The summed E-state index contributed by atoms with van der Waals surface area (Å²) in [6.07, 6.45) is -2.10. The van der Waals surface area contributed by atoms with Crippen LogP contribution in [0.4, 0.5) is 10.5 Å². The summed E-state index contributed by atoms with van der Waals surface area (Å²) in [5.74, 6) is -0.559. The van der Waals surface area contributed by atoms with E-state index in [-0.39, 0.29) is 24.5 Å². The Bertz CT molecular complexity index is 820. The predicted molar refractivity (Wildman–Crippen MR) is 115 cm³/mol. The molecule has 0 fully saturated rings. The molecule has 0 aliphatic carbocycles. The standard InChI is InChI=1S/C20H22BrNO6S/c1-26-17(9-10-27-18(24)12-29)19(15-11-13(21)7-8-16(15)23)28-20(25)22-14-5-3-2-4-6-14/h2-8,11,17,19,23,29H,9-10,12H2,1H3,(H,22,25)/t17-,19-/m1/s1. The summed E-state index contributed by atoms with van der Waals surface area (Å²) in [6, 6.07) is 13.6. The molecule has 0 spiro atoms. The number of carbonyl (C=O) groups is 2. The van der Waals surface area contributed by atoms with E-state index >= 15 is 0 Å². The molecule has 0 aromatic heterocycles. The van der Waals surface area contributed by atoms with Crippen molar-refractivity contribution in [3.63, 3.8) is 0 Å². The Balaban J connectivity index is 2.20. The molecular weight excluding hydrogens is 462 g/mol. The second-order valence-electron chi connectivity index (χ2n) is 5.96. The van der Waals surface area contributed by atoms with Crippen molar-refractivity contribution >= 4 is 46.3 Å². The van der Waals surface area contributed by atoms with Crippen molar-refractivity contribution in [3.8, 4) is 5.75 Å². The Kier molecular flexibility index (Phi) is 9.30. The molecule has 29 heavy (non-hydrogen) atoms. The van der Waals surface area contributed by atoms with E-state index in [4.69, 9.17) is 14.2 Å². The molecule has 2 aromatic carbocycles. The molecule has 1 amide bonds. The van der Waals surface area contributed by atoms with E-state index in [1.165, 1.54) is 13.2 Å². The van der Waals surface area contributed by atoms with Gasteiger partial charge in [-0.15, -0.1) is 0 Å². The van der Waals surface area contributed by atoms with Crippen molar-refractivity contribution in [1.29, 1.82) is 0 Å². The highest BCUT2D eigenvalue weighted by Crippen LogP contribution is 2.34. The third-order valence-electron chi connectivity index (χ3n) is 3.99. The average molecular weight is 484 g/mol. The minimum atomic E-state index is -0.948. The van der Waals surface area contributed by atoms with Crippen molar-refractivity contribution in [3.05, 3.63) is 58.6 Å². The molecule has 9 heteroatoms. The first-order chi connectivity index (χ1) is 13.9. The Labute approximate surface area is 182 Å². The smallest absolute Gasteiger partial charge is 0.412 e. The van der Waals surface area contributed by atoms with E-state index in [1.807, 2.05) is 6.07 Å². The SMILES string of the molecule is CO[C@H](CCOC(=O)CS)[C@H](OC(=O)Nc1ccccc1)c1cc(Br)ccc1O. The number of aromatic hydroxyl groups is 1. The summed E-state index contributed by atoms with van der Waals surface area (Å²) in [6.45, 7) is 0.0484. The lowest BCUT2D eigenvalue weighted by Crippen LogP contribution is -2.29. The van der Waals surface area contributed by atoms with Crippen molar-refractivity contribution in [2.45, 2.75) is 18.6 Å². The Morgan fingerprint density at radius 2 is 1.93 bits per heavy atom. The summed E-state index contributed by atoms with van der Waals surface area (Å²) in [5, 5.41) is 13.0. The van der Waals surface area contributed by atoms with Crippen LogP contribution in [-0.4, -0.2) is 42.7 Å². The van der Waals surface area contributed by atoms with Crippen LogP contribution in [0.5, 0.6) is 5.75 Å². The number of carbonyl (C=O) groups excluding carboxylic acids is 2. The van der Waals surface area contributed by atoms with Crippen LogP contribution < -0.4 is 5.32 Å². The van der Waals surface area contributed by atoms with E-state index in [0.717, 1.165) is 0 Å². The van der Waals surface area contributed by atoms with Crippen LogP contribution >= 0.6 is 28.6 Å². The minimum absolute atomic E-state index is 0.0382. The number of hydrogen-bond acceptors (Lipinski definition) is 7. The third-order valence-corrected chi connectivity index (χ3v) is 4.74. The molecule has 7 nitrogen and oxygen atoms in total. The van der Waals surface area contributed by atoms with Gasteiger partial charge in [0.05, 0.1) is 12.4 Å². The average Bonchev–Trinajstić information content (AvgIpc) is 2.72. The summed E-state index contributed by atoms with van der Waals surface area (Å²) in [4.78, 5) is 23.8. The molecule has 2 N–H and O–H groups in total. The molecule has 2 atom stereocenters. The summed E-state index contributed by atoms with van der Waals surface area (Å²) in [7, 11) is 1.45. The van der Waals surface area contributed by atoms with Gasteiger partial charge in [0, 0.05) is 29.3 Å². The van der Waals surface area contributed by atoms with Crippen molar-refractivity contribution in [2.75, 3.05) is 24.8 Å². The molecule has 0 heterocycles. The molecule has 0 saturated heterocycles. The molecular formula is C20H22BrNO6S. The van der Waals surface area contributed by atoms with Crippen molar-refractivity contribution in [1.82, 2.24) is 0 Å². The normalized spacial score (nSPS) is 12.7. The van der Waals surface area contributed by atoms with E-state index < -0.39 is 24.3 Å². The van der Waals surface area contributed by atoms with Gasteiger partial charge in [-0.05, 0) is 30.3 Å². The van der Waals surface area contributed by atoms with Gasteiger partial charge in [0.1, 0.15) is 11.9 Å². The monoisotopic (exact) mass is 483 g/mol. The number of methoxy groups -OCH3 is 1. The van der Waals surface area contributed by atoms with Gasteiger partial charge in [-0.1, -0.05) is 34.1 Å². The van der Waals surface area contributed by atoms with Gasteiger partial charge in [-0.2, -0.15) is 12.6 Å². The van der Waals surface area contributed by atoms with Crippen LogP contribution in [0.25, 0.3) is 0 Å². The molecule has 0 unspecified atom stereocenters. The quantitative estimate of drug-likeness (QED) is 0.363. The van der Waals surface area contributed by atoms with Crippen LogP contribution in [0, 0.1) is 0 Å². The highest BCUT2D eigenvalue weighted by Gasteiger charge is 2.30. The maximum atomic E-state index is 12.5. The Hall–Kier alpha value is -2.23. The number of para-hydroxylation sites is 1. The fraction of sp³-hybridized carbons (Fsp3) is 0.300. The van der Waals surface area contributed by atoms with E-state index in [0.29, 0.717) is 15.7 Å². The fourth-order valence-corrected chi connectivity index (χ4v) is 3.07. The molecule has 2 rings (SSSR count). The first-order valence-electron chi connectivity index (χ1n) is 8.75. The third kappa shape index (κ3) is 7.26. The first-order valence-corrected chi connectivity index (χ1v) is 10.2. The molecule has 0 radical (unpaired) electrons. The van der Waals surface area contributed by atoms with Gasteiger partial charge in [0.2, 0.25) is 0 Å². The number of rotatable bonds is 9. The van der Waals surface area contributed by atoms with Crippen molar-refractivity contribution in [2.24, 2.45) is 0 Å². The Morgan fingerprint density at radius 3 is 2.59 bits per heavy atom. The van der Waals surface area contributed by atoms with Crippen LogP contribution in [0.15, 0.2) is 53.0 Å². The van der Waals surface area contributed by atoms with Crippen LogP contribution in [0.1, 0.15) is 18.1 Å². The number of ether oxygens (including phenoxy) is 3. The Morgan fingerprint density at radius 1 is 1.21 bits per heavy atom. The number of nitrogens with one attached hydrogen (secondary N) is 1. The molecule has 2 aromatic rings. The highest BCUT2D eigenvalue weighted by molar-refractivity contribution is 9.10. The van der Waals surface area contributed by atoms with E-state index in [9.17, 15) is 14.7 Å². The zero-order chi connectivity index (χ0) is 21.2. The number of esters is 1. The lowest BCUT2D eigenvalue weighted by atomic mass is 10.0. The zero-order valence-electron chi connectivity index (χ0n) is 15.7. The summed E-state index contributed by atoms with van der Waals surface area (Å²) in [5.41, 5.74) is 0.918. The van der Waals surface area contributed by atoms with Gasteiger partial charge in [-0.25, -0.2) is 4.79 Å². The summed E-state index contributed by atoms with van der Waals surface area (Å²) >= 11 is 7.21. The minimum Gasteiger partial charge on any atom is -0.508 e. The van der Waals surface area contributed by atoms with Crippen LogP contribution in [-0.2, 0) is 19.0 Å². The van der Waals surface area contributed by atoms with Crippen LogP contribution in [0.3, 0.4) is 0 Å². The number of phenolic OH excluding ortho intramolecular Hbond substituents is 1. The van der Waals surface area contributed by atoms with E-state index in [1.54, 1.807) is 36.4 Å². The second kappa shape index (κ2) is 11.7. The maximum Gasteiger partial charge on any atom is 0.412 e. The topological polar surface area (TPSA) is 94.1 Å². The molecule has 0 aliphatic heterocycles. The maximum absolute atomic E-state index is 12.5. The van der Waals surface area contributed by atoms with E-state index in [2.05, 4.69) is 33.9 Å². The van der Waals surface area contributed by atoms with Gasteiger partial charge in [-0.3, -0.25) is 10.1 Å². The van der Waals surface area contributed by atoms with Gasteiger partial charge in [0.25, 0.3) is 0 Å². The number of amides is 1. The second-order valence-corrected chi connectivity index (χ2v) is 7.19. The van der Waals surface area contributed by atoms with Crippen LogP contribution in [0.2, 0.25) is 0 Å². The van der Waals surface area contributed by atoms with Crippen molar-refractivity contribution < 1.29 is 28.9 Å². The molecule has 0 aliphatic rings. The number of anilines is 1. The van der Waals surface area contributed by atoms with Gasteiger partial charge in [0.15, 0.2) is 6.10 Å².